The molecule has 0 unspecified atom stereocenters. The van der Waals surface area contributed by atoms with Crippen molar-refractivity contribution in [1.29, 1.82) is 5.26 Å². The maximum atomic E-state index is 14.3. The summed E-state index contributed by atoms with van der Waals surface area (Å²) >= 11 is 1.56. The van der Waals surface area contributed by atoms with E-state index in [-0.39, 0.29) is 11.0 Å². The molecule has 4 aliphatic heterocycles. The Kier molecular flexibility index (Phi) is 5.78. The van der Waals surface area contributed by atoms with Crippen molar-refractivity contribution in [3.63, 3.8) is 0 Å². The van der Waals surface area contributed by atoms with Crippen molar-refractivity contribution < 1.29 is 14.2 Å². The molecule has 0 aromatic carbocycles. The standard InChI is InChI=1S/C28H36FN7O2S/c1-26(37)5-2-8-34(14-26)21-10-22(33-25(32-21)38-17-28-6-3-9-36(28)13-18(29)11-28)35-15-27(16-35)7-4-20-23(27)19(12-30)24(31)39-20/h10,18,37H,2-9,11,13-17,31H2,1H3/t18-,26-,28+/m1/s1. The molecule has 1 spiro atoms. The van der Waals surface area contributed by atoms with Gasteiger partial charge in [0.15, 0.2) is 0 Å². The van der Waals surface area contributed by atoms with Gasteiger partial charge in [0.25, 0.3) is 0 Å². The molecule has 9 nitrogen and oxygen atoms in total. The van der Waals surface area contributed by atoms with Gasteiger partial charge in [-0.25, -0.2) is 4.39 Å². The molecule has 2 aromatic rings. The van der Waals surface area contributed by atoms with Gasteiger partial charge in [-0.2, -0.15) is 15.2 Å². The van der Waals surface area contributed by atoms with E-state index in [4.69, 9.17) is 20.4 Å². The van der Waals surface area contributed by atoms with Crippen LogP contribution in [0.25, 0.3) is 0 Å². The molecule has 3 N–H and O–H groups in total. The van der Waals surface area contributed by atoms with E-state index in [0.717, 1.165) is 81.9 Å². The molecule has 39 heavy (non-hydrogen) atoms. The fraction of sp³-hybridized carbons (Fsp3) is 0.679. The number of hydrogen-bond acceptors (Lipinski definition) is 10. The predicted octanol–water partition coefficient (Wildman–Crippen LogP) is 3.00. The van der Waals surface area contributed by atoms with Gasteiger partial charge in [0.1, 0.15) is 35.5 Å². The molecule has 7 rings (SSSR count). The number of halogens is 1. The maximum absolute atomic E-state index is 14.3. The molecule has 0 saturated carbocycles. The van der Waals surface area contributed by atoms with Crippen LogP contribution in [0.2, 0.25) is 0 Å². The number of aromatic nitrogens is 2. The lowest BCUT2D eigenvalue weighted by molar-refractivity contribution is 0.0446. The summed E-state index contributed by atoms with van der Waals surface area (Å²) in [6.45, 7) is 6.47. The van der Waals surface area contributed by atoms with E-state index in [1.165, 1.54) is 4.88 Å². The van der Waals surface area contributed by atoms with Crippen molar-refractivity contribution in [3.05, 3.63) is 22.1 Å². The van der Waals surface area contributed by atoms with Crippen LogP contribution in [0, 0.1) is 11.3 Å². The minimum atomic E-state index is -0.815. The Morgan fingerprint density at radius 3 is 2.72 bits per heavy atom. The van der Waals surface area contributed by atoms with Crippen LogP contribution >= 0.6 is 11.3 Å². The van der Waals surface area contributed by atoms with E-state index in [9.17, 15) is 14.8 Å². The molecule has 11 heteroatoms. The first-order valence-corrected chi connectivity index (χ1v) is 15.0. The van der Waals surface area contributed by atoms with Gasteiger partial charge in [-0.3, -0.25) is 4.90 Å². The number of thiophene rings is 1. The van der Waals surface area contributed by atoms with Crippen LogP contribution < -0.4 is 20.3 Å². The summed E-state index contributed by atoms with van der Waals surface area (Å²) in [7, 11) is 0. The monoisotopic (exact) mass is 553 g/mol. The highest BCUT2D eigenvalue weighted by Gasteiger charge is 2.52. The number of hydrogen-bond donors (Lipinski definition) is 2. The maximum Gasteiger partial charge on any atom is 0.320 e. The van der Waals surface area contributed by atoms with Gasteiger partial charge in [0.05, 0.1) is 16.7 Å². The van der Waals surface area contributed by atoms with E-state index in [0.29, 0.717) is 42.7 Å². The van der Waals surface area contributed by atoms with Crippen molar-refractivity contribution in [3.8, 4) is 12.1 Å². The average molecular weight is 554 g/mol. The van der Waals surface area contributed by atoms with Gasteiger partial charge in [0.2, 0.25) is 0 Å². The number of aryl methyl sites for hydroxylation is 1. The third-order valence-corrected chi connectivity index (χ3v) is 10.8. The van der Waals surface area contributed by atoms with Gasteiger partial charge in [0, 0.05) is 55.5 Å². The number of nitrogens with zero attached hydrogens (tertiary/aromatic N) is 6. The molecule has 208 valence electrons. The fourth-order valence-corrected chi connectivity index (χ4v) is 8.98. The van der Waals surface area contributed by atoms with Crippen molar-refractivity contribution in [2.75, 3.05) is 61.4 Å². The van der Waals surface area contributed by atoms with Crippen molar-refractivity contribution in [2.24, 2.45) is 0 Å². The van der Waals surface area contributed by atoms with Crippen LogP contribution in [0.15, 0.2) is 6.07 Å². The van der Waals surface area contributed by atoms with Gasteiger partial charge in [-0.1, -0.05) is 0 Å². The summed E-state index contributed by atoms with van der Waals surface area (Å²) in [4.78, 5) is 17.5. The van der Waals surface area contributed by atoms with Crippen molar-refractivity contribution >= 4 is 28.0 Å². The summed E-state index contributed by atoms with van der Waals surface area (Å²) in [5.41, 5.74) is 6.84. The van der Waals surface area contributed by atoms with Crippen LogP contribution in [-0.4, -0.2) is 83.2 Å². The zero-order valence-electron chi connectivity index (χ0n) is 22.5. The number of nitriles is 1. The van der Waals surface area contributed by atoms with E-state index < -0.39 is 11.8 Å². The number of nitrogen functional groups attached to an aromatic ring is 1. The molecule has 6 heterocycles. The summed E-state index contributed by atoms with van der Waals surface area (Å²) < 4.78 is 20.6. The number of alkyl halides is 1. The zero-order valence-corrected chi connectivity index (χ0v) is 23.3. The molecule has 1 aliphatic carbocycles. The molecule has 0 bridgehead atoms. The Morgan fingerprint density at radius 1 is 1.18 bits per heavy atom. The lowest BCUT2D eigenvalue weighted by Gasteiger charge is -2.49. The lowest BCUT2D eigenvalue weighted by Crippen LogP contribution is -2.59. The van der Waals surface area contributed by atoms with Gasteiger partial charge >= 0.3 is 6.01 Å². The van der Waals surface area contributed by atoms with Crippen LogP contribution in [0.4, 0.5) is 21.0 Å². The number of anilines is 3. The van der Waals surface area contributed by atoms with Gasteiger partial charge in [-0.15, -0.1) is 11.3 Å². The van der Waals surface area contributed by atoms with Gasteiger partial charge in [-0.05, 0) is 57.6 Å². The van der Waals surface area contributed by atoms with Crippen LogP contribution in [0.5, 0.6) is 6.01 Å². The fourth-order valence-electron chi connectivity index (χ4n) is 7.84. The van der Waals surface area contributed by atoms with E-state index >= 15 is 0 Å². The summed E-state index contributed by atoms with van der Waals surface area (Å²) in [6.07, 6.45) is 5.28. The highest BCUT2D eigenvalue weighted by atomic mass is 32.1. The smallest absolute Gasteiger partial charge is 0.320 e. The number of ether oxygens (including phenoxy) is 1. The molecular formula is C28H36FN7O2S. The zero-order chi connectivity index (χ0) is 27.0. The highest BCUT2D eigenvalue weighted by molar-refractivity contribution is 7.16. The summed E-state index contributed by atoms with van der Waals surface area (Å²) in [5, 5.41) is 21.2. The van der Waals surface area contributed by atoms with E-state index in [1.807, 2.05) is 13.0 Å². The second kappa shape index (κ2) is 8.91. The van der Waals surface area contributed by atoms with Crippen molar-refractivity contribution in [1.82, 2.24) is 14.9 Å². The topological polar surface area (TPSA) is 115 Å². The lowest BCUT2D eigenvalue weighted by atomic mass is 9.74. The summed E-state index contributed by atoms with van der Waals surface area (Å²) in [6, 6.07) is 4.65. The second-order valence-corrected chi connectivity index (χ2v) is 13.8. The molecule has 4 fully saturated rings. The third kappa shape index (κ3) is 4.14. The first-order valence-electron chi connectivity index (χ1n) is 14.1. The predicted molar refractivity (Wildman–Crippen MR) is 148 cm³/mol. The molecular weight excluding hydrogens is 517 g/mol. The Bertz CT molecular complexity index is 1340. The first kappa shape index (κ1) is 25.3. The second-order valence-electron chi connectivity index (χ2n) is 12.6. The number of piperidine rings is 1. The minimum Gasteiger partial charge on any atom is -0.461 e. The highest BCUT2D eigenvalue weighted by Crippen LogP contribution is 2.52. The van der Waals surface area contributed by atoms with E-state index in [1.54, 1.807) is 11.3 Å². The van der Waals surface area contributed by atoms with Crippen LogP contribution in [0.3, 0.4) is 0 Å². The largest absolute Gasteiger partial charge is 0.461 e. The molecule has 4 saturated heterocycles. The third-order valence-electron chi connectivity index (χ3n) is 9.70. The average Bonchev–Trinajstić information content (AvgIpc) is 3.59. The Morgan fingerprint density at radius 2 is 1.95 bits per heavy atom. The summed E-state index contributed by atoms with van der Waals surface area (Å²) in [5.74, 6) is 1.53. The minimum absolute atomic E-state index is 0.0707. The van der Waals surface area contributed by atoms with E-state index in [2.05, 4.69) is 20.8 Å². The SMILES string of the molecule is C[C@@]1(O)CCCN(c2cc(N3CC4(CCc5sc(N)c(C#N)c54)C3)nc(OC[C@@]34CCCN3C[C@H](F)C4)n2)C1. The Hall–Kier alpha value is -2.68. The van der Waals surface area contributed by atoms with Crippen LogP contribution in [-0.2, 0) is 11.8 Å². The van der Waals surface area contributed by atoms with Crippen LogP contribution in [0.1, 0.15) is 61.5 Å². The normalized spacial score (nSPS) is 31.3. The molecule has 0 amide bonds. The first-order chi connectivity index (χ1) is 18.7. The number of β-amino-alcohol motifs (C(OH)–C–C–N with tert-alkyl or cyclic N) is 1. The molecule has 5 aliphatic rings. The number of fused-ring (bicyclic) bond motifs is 3. The van der Waals surface area contributed by atoms with Crippen molar-refractivity contribution in [2.45, 2.75) is 74.6 Å². The quantitative estimate of drug-likeness (QED) is 0.577. The van der Waals surface area contributed by atoms with Gasteiger partial charge < -0.3 is 25.4 Å². The number of nitrogens with two attached hydrogens (primary N) is 1. The molecule has 3 atom stereocenters. The Balaban J connectivity index is 1.17. The number of rotatable bonds is 5. The number of aliphatic hydroxyl groups is 1. The molecule has 2 aromatic heterocycles. The Labute approximate surface area is 232 Å². The molecule has 0 radical (unpaired) electrons.